The third-order valence-electron chi connectivity index (χ3n) is 2.86. The average Bonchev–Trinajstić information content (AvgIpc) is 2.38. The monoisotopic (exact) mass is 254 g/mol. The lowest BCUT2D eigenvalue weighted by molar-refractivity contribution is 0.240. The largest absolute Gasteiger partial charge is 0.364 e. The van der Waals surface area contributed by atoms with E-state index in [0.29, 0.717) is 6.54 Å². The van der Waals surface area contributed by atoms with Gasteiger partial charge in [0.25, 0.3) is 5.56 Å². The van der Waals surface area contributed by atoms with Crippen molar-refractivity contribution in [1.82, 2.24) is 25.4 Å². The Morgan fingerprint density at radius 1 is 1.28 bits per heavy atom. The molecule has 1 aliphatic rings. The van der Waals surface area contributed by atoms with Crippen molar-refractivity contribution in [2.24, 2.45) is 0 Å². The Balaban J connectivity index is 1.71. The van der Waals surface area contributed by atoms with E-state index in [2.05, 4.69) is 30.7 Å². The minimum atomic E-state index is -0.591. The van der Waals surface area contributed by atoms with Crippen LogP contribution < -0.4 is 21.9 Å². The van der Waals surface area contributed by atoms with Crippen LogP contribution in [0.15, 0.2) is 9.59 Å². The van der Waals surface area contributed by atoms with Crippen molar-refractivity contribution < 1.29 is 0 Å². The Kier molecular flexibility index (Phi) is 4.48. The maximum atomic E-state index is 11.3. The lowest BCUT2D eigenvalue weighted by atomic mass is 10.3. The third kappa shape index (κ3) is 3.67. The molecule has 0 saturated carbocycles. The van der Waals surface area contributed by atoms with Gasteiger partial charge in [0.05, 0.1) is 0 Å². The molecule has 0 bridgehead atoms. The molecule has 0 radical (unpaired) electrons. The minimum absolute atomic E-state index is 0.162. The average molecular weight is 254 g/mol. The van der Waals surface area contributed by atoms with Crippen molar-refractivity contribution in [2.45, 2.75) is 6.42 Å². The van der Waals surface area contributed by atoms with Gasteiger partial charge in [-0.05, 0) is 13.0 Å². The maximum absolute atomic E-state index is 11.3. The van der Waals surface area contributed by atoms with Crippen LogP contribution in [0.3, 0.4) is 0 Å². The molecule has 0 unspecified atom stereocenters. The zero-order valence-corrected chi connectivity index (χ0v) is 10.2. The predicted molar refractivity (Wildman–Crippen MR) is 67.9 cm³/mol. The molecular weight excluding hydrogens is 236 g/mol. The van der Waals surface area contributed by atoms with Crippen molar-refractivity contribution in [2.75, 3.05) is 44.6 Å². The molecule has 1 aliphatic heterocycles. The summed E-state index contributed by atoms with van der Waals surface area (Å²) in [5.74, 6) is 0.162. The summed E-state index contributed by atoms with van der Waals surface area (Å²) in [7, 11) is 0. The highest BCUT2D eigenvalue weighted by Crippen LogP contribution is 1.95. The van der Waals surface area contributed by atoms with Crippen molar-refractivity contribution in [1.29, 1.82) is 0 Å². The fourth-order valence-corrected chi connectivity index (χ4v) is 1.91. The Morgan fingerprint density at radius 3 is 2.78 bits per heavy atom. The molecule has 4 N–H and O–H groups in total. The summed E-state index contributed by atoms with van der Waals surface area (Å²) in [6, 6.07) is 0. The second-order valence-electron chi connectivity index (χ2n) is 4.23. The van der Waals surface area contributed by atoms with E-state index in [1.807, 2.05) is 0 Å². The summed E-state index contributed by atoms with van der Waals surface area (Å²) >= 11 is 0. The first-order chi connectivity index (χ1) is 8.75. The second kappa shape index (κ2) is 6.31. The molecule has 0 aliphatic carbocycles. The number of anilines is 1. The molecule has 1 aromatic rings. The van der Waals surface area contributed by atoms with Gasteiger partial charge in [-0.25, -0.2) is 9.89 Å². The standard InChI is InChI=1S/C10H18N6O2/c17-9-8(14-15-10(18)13-9)12-2-1-5-16-6-3-11-4-7-16/h11H,1-7H2,(H,12,14)(H2,13,15,17,18). The first kappa shape index (κ1) is 12.8. The molecule has 100 valence electrons. The molecule has 2 heterocycles. The summed E-state index contributed by atoms with van der Waals surface area (Å²) in [5.41, 5.74) is -1.08. The van der Waals surface area contributed by atoms with Crippen LogP contribution in [0.5, 0.6) is 0 Å². The summed E-state index contributed by atoms with van der Waals surface area (Å²) < 4.78 is 0. The van der Waals surface area contributed by atoms with Crippen LogP contribution >= 0.6 is 0 Å². The lowest BCUT2D eigenvalue weighted by Crippen LogP contribution is -2.44. The van der Waals surface area contributed by atoms with Crippen LogP contribution in [0.25, 0.3) is 0 Å². The predicted octanol–water partition coefficient (Wildman–Crippen LogP) is -1.83. The molecular formula is C10H18N6O2. The Bertz CT molecular complexity index is 476. The van der Waals surface area contributed by atoms with E-state index < -0.39 is 11.2 Å². The zero-order valence-electron chi connectivity index (χ0n) is 10.2. The number of piperazine rings is 1. The van der Waals surface area contributed by atoms with Gasteiger partial charge in [0, 0.05) is 32.7 Å². The number of rotatable bonds is 5. The topological polar surface area (TPSA) is 106 Å². The highest BCUT2D eigenvalue weighted by molar-refractivity contribution is 5.28. The minimum Gasteiger partial charge on any atom is -0.364 e. The van der Waals surface area contributed by atoms with Crippen molar-refractivity contribution >= 4 is 5.82 Å². The van der Waals surface area contributed by atoms with Gasteiger partial charge in [-0.3, -0.25) is 9.78 Å². The van der Waals surface area contributed by atoms with Gasteiger partial charge in [-0.1, -0.05) is 0 Å². The Hall–Kier alpha value is -1.67. The number of nitrogens with one attached hydrogen (secondary N) is 4. The van der Waals surface area contributed by atoms with Crippen LogP contribution in [0.1, 0.15) is 6.42 Å². The summed E-state index contributed by atoms with van der Waals surface area (Å²) in [4.78, 5) is 26.6. The molecule has 1 aromatic heterocycles. The molecule has 8 nitrogen and oxygen atoms in total. The Labute approximate surface area is 104 Å². The number of hydrogen-bond donors (Lipinski definition) is 4. The number of aromatic nitrogens is 3. The summed E-state index contributed by atoms with van der Waals surface area (Å²) in [6.07, 6.45) is 0.931. The molecule has 1 fully saturated rings. The van der Waals surface area contributed by atoms with Gasteiger partial charge >= 0.3 is 5.69 Å². The highest BCUT2D eigenvalue weighted by Gasteiger charge is 2.08. The fraction of sp³-hybridized carbons (Fsp3) is 0.700. The molecule has 2 rings (SSSR count). The lowest BCUT2D eigenvalue weighted by Gasteiger charge is -2.27. The fourth-order valence-electron chi connectivity index (χ4n) is 1.91. The zero-order chi connectivity index (χ0) is 12.8. The third-order valence-corrected chi connectivity index (χ3v) is 2.86. The summed E-state index contributed by atoms with van der Waals surface area (Å²) in [6.45, 7) is 5.86. The number of H-pyrrole nitrogens is 2. The van der Waals surface area contributed by atoms with Gasteiger partial charge in [-0.15, -0.1) is 5.10 Å². The quantitative estimate of drug-likeness (QED) is 0.460. The van der Waals surface area contributed by atoms with Gasteiger partial charge in [0.2, 0.25) is 5.82 Å². The molecule has 0 atom stereocenters. The van der Waals surface area contributed by atoms with Gasteiger partial charge < -0.3 is 15.5 Å². The maximum Gasteiger partial charge on any atom is 0.342 e. The number of nitrogens with zero attached hydrogens (tertiary/aromatic N) is 2. The normalized spacial score (nSPS) is 16.7. The SMILES string of the molecule is O=c1[nH]nc(NCCCN2CCNCC2)c(=O)[nH]1. The van der Waals surface area contributed by atoms with E-state index in [4.69, 9.17) is 0 Å². The van der Waals surface area contributed by atoms with E-state index >= 15 is 0 Å². The first-order valence-electron chi connectivity index (χ1n) is 6.11. The van der Waals surface area contributed by atoms with E-state index in [-0.39, 0.29) is 5.82 Å². The van der Waals surface area contributed by atoms with Crippen LogP contribution in [-0.4, -0.2) is 59.3 Å². The van der Waals surface area contributed by atoms with E-state index in [9.17, 15) is 9.59 Å². The van der Waals surface area contributed by atoms with Crippen molar-refractivity contribution in [3.8, 4) is 0 Å². The smallest absolute Gasteiger partial charge is 0.342 e. The number of aromatic amines is 2. The van der Waals surface area contributed by atoms with Crippen LogP contribution in [0, 0.1) is 0 Å². The van der Waals surface area contributed by atoms with E-state index in [1.165, 1.54) is 0 Å². The summed E-state index contributed by atoms with van der Waals surface area (Å²) in [5, 5.41) is 12.0. The van der Waals surface area contributed by atoms with Crippen molar-refractivity contribution in [3.63, 3.8) is 0 Å². The molecule has 0 spiro atoms. The van der Waals surface area contributed by atoms with E-state index in [1.54, 1.807) is 0 Å². The molecule has 1 saturated heterocycles. The second-order valence-corrected chi connectivity index (χ2v) is 4.23. The highest BCUT2D eigenvalue weighted by atomic mass is 16.2. The van der Waals surface area contributed by atoms with Crippen LogP contribution in [0.4, 0.5) is 5.82 Å². The van der Waals surface area contributed by atoms with Crippen LogP contribution in [-0.2, 0) is 0 Å². The van der Waals surface area contributed by atoms with Crippen molar-refractivity contribution in [3.05, 3.63) is 20.8 Å². The molecule has 8 heteroatoms. The van der Waals surface area contributed by atoms with E-state index in [0.717, 1.165) is 39.1 Å². The van der Waals surface area contributed by atoms with Gasteiger partial charge in [0.1, 0.15) is 0 Å². The van der Waals surface area contributed by atoms with Gasteiger partial charge in [0.15, 0.2) is 0 Å². The number of hydrogen-bond acceptors (Lipinski definition) is 6. The molecule has 0 aromatic carbocycles. The first-order valence-corrected chi connectivity index (χ1v) is 6.11. The molecule has 0 amide bonds. The molecule has 18 heavy (non-hydrogen) atoms. The Morgan fingerprint density at radius 2 is 2.06 bits per heavy atom. The van der Waals surface area contributed by atoms with Crippen LogP contribution in [0.2, 0.25) is 0 Å². The van der Waals surface area contributed by atoms with Gasteiger partial charge in [-0.2, -0.15) is 0 Å².